The smallest absolute Gasteiger partial charge is 0.119 e. The van der Waals surface area contributed by atoms with Gasteiger partial charge in [0.15, 0.2) is 0 Å². The molecule has 0 saturated heterocycles. The predicted molar refractivity (Wildman–Crippen MR) is 92.0 cm³/mol. The summed E-state index contributed by atoms with van der Waals surface area (Å²) in [5.41, 5.74) is 9.24. The van der Waals surface area contributed by atoms with Crippen molar-refractivity contribution in [3.63, 3.8) is 0 Å². The van der Waals surface area contributed by atoms with Crippen molar-refractivity contribution < 1.29 is 4.74 Å². The van der Waals surface area contributed by atoms with Gasteiger partial charge in [-0.3, -0.25) is 0 Å². The highest BCUT2D eigenvalue weighted by molar-refractivity contribution is 9.10. The van der Waals surface area contributed by atoms with E-state index >= 15 is 0 Å². The average Bonchev–Trinajstić information content (AvgIpc) is 2.47. The van der Waals surface area contributed by atoms with E-state index in [0.29, 0.717) is 6.54 Å². The van der Waals surface area contributed by atoms with E-state index in [9.17, 15) is 0 Å². The maximum Gasteiger partial charge on any atom is 0.119 e. The van der Waals surface area contributed by atoms with Gasteiger partial charge in [0.25, 0.3) is 0 Å². The van der Waals surface area contributed by atoms with Crippen molar-refractivity contribution in [3.05, 3.63) is 58.1 Å². The molecule has 2 aromatic rings. The van der Waals surface area contributed by atoms with Gasteiger partial charge in [-0.05, 0) is 64.3 Å². The third-order valence-corrected chi connectivity index (χ3v) is 4.05. The molecule has 0 unspecified atom stereocenters. The zero-order chi connectivity index (χ0) is 15.2. The second kappa shape index (κ2) is 7.48. The zero-order valence-corrected chi connectivity index (χ0v) is 14.1. The van der Waals surface area contributed by atoms with E-state index in [1.807, 2.05) is 12.1 Å². The van der Waals surface area contributed by atoms with E-state index in [2.05, 4.69) is 58.2 Å². The minimum absolute atomic E-state index is 0.672. The van der Waals surface area contributed by atoms with Gasteiger partial charge in [-0.1, -0.05) is 18.2 Å². The van der Waals surface area contributed by atoms with Gasteiger partial charge in [0.05, 0.1) is 12.8 Å². The van der Waals surface area contributed by atoms with Crippen LogP contribution in [0.1, 0.15) is 11.1 Å². The molecule has 0 spiro atoms. The molecule has 0 saturated carbocycles. The maximum atomic E-state index is 5.60. The number of hydrogen-bond acceptors (Lipinski definition) is 3. The van der Waals surface area contributed by atoms with Gasteiger partial charge in [-0.2, -0.15) is 0 Å². The lowest BCUT2D eigenvalue weighted by Gasteiger charge is -2.21. The Bertz CT molecular complexity index is 601. The van der Waals surface area contributed by atoms with E-state index in [4.69, 9.17) is 10.5 Å². The average molecular weight is 349 g/mol. The number of benzene rings is 2. The fourth-order valence-corrected chi connectivity index (χ4v) is 3.04. The van der Waals surface area contributed by atoms with Gasteiger partial charge in [-0.15, -0.1) is 0 Å². The Morgan fingerprint density at radius 2 is 1.95 bits per heavy atom. The second-order valence-corrected chi connectivity index (χ2v) is 5.89. The van der Waals surface area contributed by atoms with Crippen LogP contribution < -0.4 is 15.4 Å². The summed E-state index contributed by atoms with van der Waals surface area (Å²) >= 11 is 3.65. The summed E-state index contributed by atoms with van der Waals surface area (Å²) < 4.78 is 6.37. The van der Waals surface area contributed by atoms with Crippen molar-refractivity contribution in [1.82, 2.24) is 0 Å². The number of ether oxygens (including phenoxy) is 1. The molecule has 0 bridgehead atoms. The van der Waals surface area contributed by atoms with Crippen molar-refractivity contribution in [1.29, 1.82) is 0 Å². The number of rotatable bonds is 6. The molecule has 2 aromatic carbocycles. The zero-order valence-electron chi connectivity index (χ0n) is 12.5. The first-order chi connectivity index (χ1) is 10.1. The summed E-state index contributed by atoms with van der Waals surface area (Å²) in [5.74, 6) is 0.887. The lowest BCUT2D eigenvalue weighted by Crippen LogP contribution is -2.17. The summed E-state index contributed by atoms with van der Waals surface area (Å²) in [6.07, 6.45) is 0.901. The Kier molecular flexibility index (Phi) is 5.65. The molecule has 0 aliphatic carbocycles. The molecule has 3 nitrogen and oxygen atoms in total. The summed E-state index contributed by atoms with van der Waals surface area (Å²) in [6, 6.07) is 14.6. The third kappa shape index (κ3) is 4.22. The van der Waals surface area contributed by atoms with Crippen LogP contribution in [-0.2, 0) is 13.0 Å². The maximum absolute atomic E-state index is 5.60. The van der Waals surface area contributed by atoms with Crippen LogP contribution in [0, 0.1) is 0 Å². The van der Waals surface area contributed by atoms with Gasteiger partial charge in [0.1, 0.15) is 5.75 Å². The molecule has 21 heavy (non-hydrogen) atoms. The Labute approximate surface area is 134 Å². The normalized spacial score (nSPS) is 10.5. The van der Waals surface area contributed by atoms with Crippen molar-refractivity contribution in [2.45, 2.75) is 13.0 Å². The first-order valence-electron chi connectivity index (χ1n) is 6.96. The molecule has 0 aliphatic heterocycles. The van der Waals surface area contributed by atoms with Crippen LogP contribution in [-0.4, -0.2) is 20.7 Å². The minimum Gasteiger partial charge on any atom is -0.497 e. The fourth-order valence-electron chi connectivity index (χ4n) is 2.31. The quantitative estimate of drug-likeness (QED) is 0.866. The summed E-state index contributed by atoms with van der Waals surface area (Å²) in [5, 5.41) is 0. The minimum atomic E-state index is 0.672. The number of anilines is 1. The lowest BCUT2D eigenvalue weighted by molar-refractivity contribution is 0.414. The molecule has 2 N–H and O–H groups in total. The van der Waals surface area contributed by atoms with Gasteiger partial charge in [0.2, 0.25) is 0 Å². The van der Waals surface area contributed by atoms with E-state index in [0.717, 1.165) is 23.2 Å². The lowest BCUT2D eigenvalue weighted by atomic mass is 10.1. The Hall–Kier alpha value is -1.52. The summed E-state index contributed by atoms with van der Waals surface area (Å²) in [4.78, 5) is 2.21. The van der Waals surface area contributed by atoms with Gasteiger partial charge >= 0.3 is 0 Å². The van der Waals surface area contributed by atoms with E-state index < -0.39 is 0 Å². The van der Waals surface area contributed by atoms with Crippen LogP contribution in [0.2, 0.25) is 0 Å². The molecule has 0 fully saturated rings. The number of hydrogen-bond donors (Lipinski definition) is 1. The highest BCUT2D eigenvalue weighted by Crippen LogP contribution is 2.28. The van der Waals surface area contributed by atoms with Crippen molar-refractivity contribution >= 4 is 21.6 Å². The summed E-state index contributed by atoms with van der Waals surface area (Å²) in [6.45, 7) is 1.50. The monoisotopic (exact) mass is 348 g/mol. The number of halogens is 1. The first-order valence-corrected chi connectivity index (χ1v) is 7.76. The Morgan fingerprint density at radius 1 is 1.14 bits per heavy atom. The third-order valence-electron chi connectivity index (χ3n) is 3.41. The van der Waals surface area contributed by atoms with E-state index in [1.54, 1.807) is 7.11 Å². The standard InChI is InChI=1S/C17H21BrN2O/c1-20(12-14-4-3-5-15(10-14)21-2)17-7-6-13(8-9-19)11-16(17)18/h3-7,10-11H,8-9,12,19H2,1-2H3. The fraction of sp³-hybridized carbons (Fsp3) is 0.294. The molecule has 0 aliphatic rings. The number of nitrogens with zero attached hydrogens (tertiary/aromatic N) is 1. The molecule has 4 heteroatoms. The summed E-state index contributed by atoms with van der Waals surface area (Å²) in [7, 11) is 3.78. The molecule has 0 amide bonds. The SMILES string of the molecule is COc1cccc(CN(C)c2ccc(CCN)cc2Br)c1. The van der Waals surface area contributed by atoms with Crippen molar-refractivity contribution in [3.8, 4) is 5.75 Å². The van der Waals surface area contributed by atoms with Crippen LogP contribution in [0.15, 0.2) is 46.9 Å². The number of methoxy groups -OCH3 is 1. The number of nitrogens with two attached hydrogens (primary N) is 1. The molecule has 0 aromatic heterocycles. The van der Waals surface area contributed by atoms with Gasteiger partial charge in [0, 0.05) is 18.1 Å². The molecule has 0 heterocycles. The Balaban J connectivity index is 2.14. The van der Waals surface area contributed by atoms with Gasteiger partial charge in [-0.25, -0.2) is 0 Å². The predicted octanol–water partition coefficient (Wildman–Crippen LogP) is 3.60. The van der Waals surface area contributed by atoms with Crippen LogP contribution in [0.3, 0.4) is 0 Å². The van der Waals surface area contributed by atoms with Crippen LogP contribution in [0.25, 0.3) is 0 Å². The molecular weight excluding hydrogens is 328 g/mol. The molecule has 0 radical (unpaired) electrons. The molecular formula is C17H21BrN2O. The highest BCUT2D eigenvalue weighted by atomic mass is 79.9. The van der Waals surface area contributed by atoms with Crippen molar-refractivity contribution in [2.24, 2.45) is 5.73 Å². The first kappa shape index (κ1) is 15.9. The molecule has 2 rings (SSSR count). The van der Waals surface area contributed by atoms with Gasteiger partial charge < -0.3 is 15.4 Å². The van der Waals surface area contributed by atoms with Crippen LogP contribution in [0.4, 0.5) is 5.69 Å². The Morgan fingerprint density at radius 3 is 2.62 bits per heavy atom. The van der Waals surface area contributed by atoms with Crippen molar-refractivity contribution in [2.75, 3.05) is 25.6 Å². The van der Waals surface area contributed by atoms with Crippen LogP contribution >= 0.6 is 15.9 Å². The topological polar surface area (TPSA) is 38.5 Å². The van der Waals surface area contributed by atoms with E-state index in [-0.39, 0.29) is 0 Å². The largest absolute Gasteiger partial charge is 0.497 e. The van der Waals surface area contributed by atoms with E-state index in [1.165, 1.54) is 16.8 Å². The second-order valence-electron chi connectivity index (χ2n) is 5.03. The molecule has 0 atom stereocenters. The molecule has 112 valence electrons. The van der Waals surface area contributed by atoms with Crippen LogP contribution in [0.5, 0.6) is 5.75 Å². The highest BCUT2D eigenvalue weighted by Gasteiger charge is 2.08.